The first-order valence-electron chi connectivity index (χ1n) is 10.3. The Hall–Kier alpha value is -1.25. The summed E-state index contributed by atoms with van der Waals surface area (Å²) in [5.41, 5.74) is 6.28. The van der Waals surface area contributed by atoms with E-state index in [9.17, 15) is 0 Å². The largest absolute Gasteiger partial charge is 0.384 e. The number of anilines is 1. The minimum atomic E-state index is 0.552. The van der Waals surface area contributed by atoms with Gasteiger partial charge in [-0.2, -0.15) is 0 Å². The number of hydrogen-bond donors (Lipinski definition) is 1. The van der Waals surface area contributed by atoms with Crippen molar-refractivity contribution in [3.63, 3.8) is 0 Å². The van der Waals surface area contributed by atoms with Crippen LogP contribution in [0.5, 0.6) is 0 Å². The predicted molar refractivity (Wildman–Crippen MR) is 117 cm³/mol. The molecule has 1 heterocycles. The lowest BCUT2D eigenvalue weighted by Gasteiger charge is -2.36. The number of allylic oxidation sites excluding steroid dienone is 2. The van der Waals surface area contributed by atoms with E-state index in [4.69, 9.17) is 28.2 Å². The van der Waals surface area contributed by atoms with Gasteiger partial charge in [-0.3, -0.25) is 4.98 Å². The fraction of sp³-hybridized carbons (Fsp3) is 0.522. The third-order valence-corrected chi connectivity index (χ3v) is 6.50. The highest BCUT2D eigenvalue weighted by molar-refractivity contribution is 6.38. The van der Waals surface area contributed by atoms with Crippen molar-refractivity contribution in [1.82, 2.24) is 4.98 Å². The topological polar surface area (TPSA) is 24.9 Å². The zero-order chi connectivity index (χ0) is 19.0. The highest BCUT2D eigenvalue weighted by Gasteiger charge is 2.33. The molecule has 144 valence electrons. The Morgan fingerprint density at radius 2 is 2.00 bits per heavy atom. The van der Waals surface area contributed by atoms with Crippen LogP contribution < -0.4 is 5.32 Å². The van der Waals surface area contributed by atoms with E-state index >= 15 is 0 Å². The van der Waals surface area contributed by atoms with Crippen molar-refractivity contribution >= 4 is 39.8 Å². The molecule has 2 nitrogen and oxygen atoms in total. The highest BCUT2D eigenvalue weighted by atomic mass is 35.5. The predicted octanol–water partition coefficient (Wildman–Crippen LogP) is 7.53. The molecule has 4 rings (SSSR count). The molecule has 4 heteroatoms. The molecule has 2 bridgehead atoms. The minimum Gasteiger partial charge on any atom is -0.384 e. The molecule has 2 aliphatic rings. The molecular formula is C23H28Cl2N2. The van der Waals surface area contributed by atoms with Crippen molar-refractivity contribution in [3.8, 4) is 0 Å². The minimum absolute atomic E-state index is 0.552. The van der Waals surface area contributed by atoms with Crippen LogP contribution in [0.1, 0.15) is 69.5 Å². The van der Waals surface area contributed by atoms with Crippen LogP contribution in [0, 0.1) is 5.92 Å². The molecule has 0 amide bonds. The third kappa shape index (κ3) is 3.84. The smallest absolute Gasteiger partial charge is 0.0913 e. The first-order valence-corrected chi connectivity index (χ1v) is 11.0. The molecule has 0 saturated heterocycles. The van der Waals surface area contributed by atoms with E-state index in [1.807, 2.05) is 12.1 Å². The lowest BCUT2D eigenvalue weighted by molar-refractivity contribution is 0.433. The Kier molecular flexibility index (Phi) is 5.66. The second-order valence-corrected chi connectivity index (χ2v) is 9.08. The van der Waals surface area contributed by atoms with Crippen LogP contribution >= 0.6 is 23.2 Å². The lowest BCUT2D eigenvalue weighted by Crippen LogP contribution is -2.24. The lowest BCUT2D eigenvalue weighted by atomic mass is 9.71. The molecule has 1 aromatic heterocycles. The summed E-state index contributed by atoms with van der Waals surface area (Å²) in [5.74, 6) is 1.17. The first kappa shape index (κ1) is 19.1. The summed E-state index contributed by atoms with van der Waals surface area (Å²) >= 11 is 12.9. The number of aromatic nitrogens is 1. The third-order valence-electron chi connectivity index (χ3n) is 6.00. The molecule has 1 aromatic carbocycles. The van der Waals surface area contributed by atoms with Crippen molar-refractivity contribution in [2.75, 3.05) is 11.9 Å². The zero-order valence-corrected chi connectivity index (χ0v) is 17.8. The number of benzene rings is 1. The van der Waals surface area contributed by atoms with Gasteiger partial charge in [0.25, 0.3) is 0 Å². The normalized spacial score (nSPS) is 21.1. The SMILES string of the molecule is CCCCCCNc1c2c(nc3c(Cl)cc(Cl)cc13)C[C@H]1C=C(C)C[C@@H]2C1. The zero-order valence-electron chi connectivity index (χ0n) is 16.2. The van der Waals surface area contributed by atoms with Gasteiger partial charge >= 0.3 is 0 Å². The molecule has 27 heavy (non-hydrogen) atoms. The van der Waals surface area contributed by atoms with Gasteiger partial charge < -0.3 is 5.32 Å². The number of pyridine rings is 1. The molecule has 1 N–H and O–H groups in total. The molecule has 2 atom stereocenters. The van der Waals surface area contributed by atoms with E-state index in [1.54, 1.807) is 0 Å². The summed E-state index contributed by atoms with van der Waals surface area (Å²) in [6.45, 7) is 5.50. The number of hydrogen-bond acceptors (Lipinski definition) is 2. The van der Waals surface area contributed by atoms with Crippen LogP contribution in [0.3, 0.4) is 0 Å². The van der Waals surface area contributed by atoms with Crippen LogP contribution in [0.15, 0.2) is 23.8 Å². The standard InChI is InChI=1S/C23H28Cl2N2/c1-3-4-5-6-7-26-23-18-12-17(24)13-19(25)22(18)27-20-11-15-8-14(2)9-16(10-15)21(20)23/h8,12-13,15-16H,3-7,9-11H2,1-2H3,(H,26,27)/t15-,16+/m0/s1. The maximum absolute atomic E-state index is 6.54. The summed E-state index contributed by atoms with van der Waals surface area (Å²) in [7, 11) is 0. The van der Waals surface area contributed by atoms with Crippen molar-refractivity contribution in [1.29, 1.82) is 0 Å². The van der Waals surface area contributed by atoms with Gasteiger partial charge in [-0.15, -0.1) is 0 Å². The van der Waals surface area contributed by atoms with Crippen LogP contribution in [0.25, 0.3) is 10.9 Å². The second kappa shape index (κ2) is 8.01. The molecule has 0 spiro atoms. The molecule has 0 aliphatic heterocycles. The molecule has 0 radical (unpaired) electrons. The number of nitrogens with one attached hydrogen (secondary N) is 1. The van der Waals surface area contributed by atoms with Gasteiger partial charge in [0, 0.05) is 33.9 Å². The van der Waals surface area contributed by atoms with Gasteiger partial charge in [0.1, 0.15) is 0 Å². The average molecular weight is 403 g/mol. The molecule has 0 unspecified atom stereocenters. The van der Waals surface area contributed by atoms with Gasteiger partial charge in [0.2, 0.25) is 0 Å². The van der Waals surface area contributed by atoms with E-state index in [0.717, 1.165) is 30.3 Å². The van der Waals surface area contributed by atoms with Gasteiger partial charge in [0.15, 0.2) is 0 Å². The van der Waals surface area contributed by atoms with E-state index in [-0.39, 0.29) is 0 Å². The second-order valence-electron chi connectivity index (χ2n) is 8.23. The molecule has 0 fully saturated rings. The Bertz CT molecular complexity index is 888. The average Bonchev–Trinajstić information content (AvgIpc) is 2.61. The van der Waals surface area contributed by atoms with Crippen LogP contribution in [0.2, 0.25) is 10.0 Å². The first-order chi connectivity index (χ1) is 13.1. The van der Waals surface area contributed by atoms with Crippen molar-refractivity contribution in [2.24, 2.45) is 5.92 Å². The molecular weight excluding hydrogens is 375 g/mol. The van der Waals surface area contributed by atoms with Crippen molar-refractivity contribution < 1.29 is 0 Å². The van der Waals surface area contributed by atoms with Gasteiger partial charge in [0.05, 0.1) is 10.5 Å². The quantitative estimate of drug-likeness (QED) is 0.398. The van der Waals surface area contributed by atoms with E-state index in [0.29, 0.717) is 21.9 Å². The summed E-state index contributed by atoms with van der Waals surface area (Å²) in [6, 6.07) is 3.84. The number of fused-ring (bicyclic) bond motifs is 5. The number of nitrogens with zero attached hydrogens (tertiary/aromatic N) is 1. The summed E-state index contributed by atoms with van der Waals surface area (Å²) in [5, 5.41) is 6.17. The van der Waals surface area contributed by atoms with Crippen molar-refractivity contribution in [2.45, 2.75) is 64.7 Å². The number of rotatable bonds is 6. The molecule has 2 aliphatic carbocycles. The maximum Gasteiger partial charge on any atom is 0.0913 e. The highest BCUT2D eigenvalue weighted by Crippen LogP contribution is 2.48. The summed E-state index contributed by atoms with van der Waals surface area (Å²) in [6.07, 6.45) is 10.8. The van der Waals surface area contributed by atoms with Crippen LogP contribution in [-0.2, 0) is 6.42 Å². The Balaban J connectivity index is 1.79. The number of unbranched alkanes of at least 4 members (excludes halogenated alkanes) is 3. The number of halogens is 2. The van der Waals surface area contributed by atoms with E-state index < -0.39 is 0 Å². The summed E-state index contributed by atoms with van der Waals surface area (Å²) in [4.78, 5) is 5.02. The van der Waals surface area contributed by atoms with Crippen molar-refractivity contribution in [3.05, 3.63) is 45.1 Å². The summed E-state index contributed by atoms with van der Waals surface area (Å²) < 4.78 is 0. The fourth-order valence-corrected chi connectivity index (χ4v) is 5.43. The van der Waals surface area contributed by atoms with Crippen LogP contribution in [-0.4, -0.2) is 11.5 Å². The Labute approximate surface area is 172 Å². The Morgan fingerprint density at radius 1 is 1.15 bits per heavy atom. The molecule has 0 saturated carbocycles. The molecule has 2 aromatic rings. The van der Waals surface area contributed by atoms with Gasteiger partial charge in [-0.25, -0.2) is 0 Å². The van der Waals surface area contributed by atoms with Crippen LogP contribution in [0.4, 0.5) is 5.69 Å². The van der Waals surface area contributed by atoms with Gasteiger partial charge in [-0.05, 0) is 56.6 Å². The fourth-order valence-electron chi connectivity index (χ4n) is 4.89. The van der Waals surface area contributed by atoms with Gasteiger partial charge in [-0.1, -0.05) is 61.0 Å². The maximum atomic E-state index is 6.54. The monoisotopic (exact) mass is 402 g/mol. The van der Waals surface area contributed by atoms with E-state index in [1.165, 1.54) is 54.6 Å². The Morgan fingerprint density at radius 3 is 2.81 bits per heavy atom. The van der Waals surface area contributed by atoms with E-state index in [2.05, 4.69) is 25.2 Å².